The van der Waals surface area contributed by atoms with Crippen molar-refractivity contribution >= 4 is 11.8 Å². The molecular formula is C11H10F2O3. The molecule has 0 atom stereocenters. The molecule has 0 fully saturated rings. The molecule has 0 unspecified atom stereocenters. The van der Waals surface area contributed by atoms with E-state index in [4.69, 9.17) is 0 Å². The summed E-state index contributed by atoms with van der Waals surface area (Å²) in [5.74, 6) is -3.18. The first-order valence-electron chi connectivity index (χ1n) is 4.60. The van der Waals surface area contributed by atoms with Crippen LogP contribution in [0.5, 0.6) is 0 Å². The molecule has 0 spiro atoms. The van der Waals surface area contributed by atoms with Crippen LogP contribution in [0.15, 0.2) is 18.2 Å². The van der Waals surface area contributed by atoms with Crippen LogP contribution in [0, 0.1) is 11.6 Å². The van der Waals surface area contributed by atoms with E-state index in [0.29, 0.717) is 0 Å². The van der Waals surface area contributed by atoms with E-state index in [1.165, 1.54) is 13.2 Å². The summed E-state index contributed by atoms with van der Waals surface area (Å²) in [5, 5.41) is 0. The van der Waals surface area contributed by atoms with E-state index >= 15 is 0 Å². The highest BCUT2D eigenvalue weighted by Crippen LogP contribution is 2.15. The summed E-state index contributed by atoms with van der Waals surface area (Å²) >= 11 is 0. The number of hydrogen-bond donors (Lipinski definition) is 0. The highest BCUT2D eigenvalue weighted by molar-refractivity contribution is 5.98. The van der Waals surface area contributed by atoms with Gasteiger partial charge in [-0.05, 0) is 12.1 Å². The fraction of sp³-hybridized carbons (Fsp3) is 0.273. The maximum atomic E-state index is 13.1. The molecule has 0 radical (unpaired) electrons. The Morgan fingerprint density at radius 3 is 2.25 bits per heavy atom. The molecule has 0 saturated carbocycles. The standard InChI is InChI=1S/C11H10F2O3/c1-16-10(15)6-5-9(14)11-7(12)3-2-4-8(11)13/h2-4H,5-6H2,1H3. The number of benzene rings is 1. The highest BCUT2D eigenvalue weighted by Gasteiger charge is 2.17. The number of rotatable bonds is 4. The SMILES string of the molecule is COC(=O)CCC(=O)c1c(F)cccc1F. The minimum atomic E-state index is -0.921. The van der Waals surface area contributed by atoms with E-state index in [1.807, 2.05) is 0 Å². The quantitative estimate of drug-likeness (QED) is 0.585. The number of Topliss-reactive ketones (excluding diaryl/α,β-unsaturated/α-hetero) is 1. The highest BCUT2D eigenvalue weighted by atomic mass is 19.1. The summed E-state index contributed by atoms with van der Waals surface area (Å²) in [6, 6.07) is 3.16. The number of hydrogen-bond acceptors (Lipinski definition) is 3. The van der Waals surface area contributed by atoms with Crippen LogP contribution in [0.1, 0.15) is 23.2 Å². The average molecular weight is 228 g/mol. The molecule has 0 aliphatic rings. The minimum absolute atomic E-state index is 0.191. The number of ether oxygens (including phenoxy) is 1. The van der Waals surface area contributed by atoms with Crippen molar-refractivity contribution in [1.29, 1.82) is 0 Å². The molecule has 5 heteroatoms. The van der Waals surface area contributed by atoms with Gasteiger partial charge in [-0.1, -0.05) is 6.07 Å². The van der Waals surface area contributed by atoms with Crippen molar-refractivity contribution < 1.29 is 23.1 Å². The number of halogens is 2. The van der Waals surface area contributed by atoms with Crippen LogP contribution in [0.4, 0.5) is 8.78 Å². The Hall–Kier alpha value is -1.78. The molecule has 16 heavy (non-hydrogen) atoms. The Balaban J connectivity index is 2.77. The van der Waals surface area contributed by atoms with E-state index in [-0.39, 0.29) is 12.8 Å². The zero-order valence-electron chi connectivity index (χ0n) is 8.63. The smallest absolute Gasteiger partial charge is 0.305 e. The van der Waals surface area contributed by atoms with Gasteiger partial charge in [-0.3, -0.25) is 9.59 Å². The monoisotopic (exact) mass is 228 g/mol. The minimum Gasteiger partial charge on any atom is -0.469 e. The van der Waals surface area contributed by atoms with E-state index in [0.717, 1.165) is 12.1 Å². The summed E-state index contributed by atoms with van der Waals surface area (Å²) < 4.78 is 30.6. The van der Waals surface area contributed by atoms with Gasteiger partial charge in [0, 0.05) is 6.42 Å². The van der Waals surface area contributed by atoms with E-state index in [2.05, 4.69) is 4.74 Å². The Morgan fingerprint density at radius 1 is 1.19 bits per heavy atom. The van der Waals surface area contributed by atoms with Gasteiger partial charge in [0.2, 0.25) is 0 Å². The van der Waals surface area contributed by atoms with Crippen molar-refractivity contribution in [1.82, 2.24) is 0 Å². The van der Waals surface area contributed by atoms with Crippen molar-refractivity contribution in [2.75, 3.05) is 7.11 Å². The van der Waals surface area contributed by atoms with Crippen LogP contribution >= 0.6 is 0 Å². The molecule has 0 bridgehead atoms. The first-order chi connectivity index (χ1) is 7.56. The van der Waals surface area contributed by atoms with Crippen molar-refractivity contribution in [2.45, 2.75) is 12.8 Å². The third kappa shape index (κ3) is 2.85. The summed E-state index contributed by atoms with van der Waals surface area (Å²) in [7, 11) is 1.18. The van der Waals surface area contributed by atoms with Crippen molar-refractivity contribution in [2.24, 2.45) is 0 Å². The lowest BCUT2D eigenvalue weighted by molar-refractivity contribution is -0.140. The topological polar surface area (TPSA) is 43.4 Å². The lowest BCUT2D eigenvalue weighted by Gasteiger charge is -2.03. The number of ketones is 1. The van der Waals surface area contributed by atoms with Crippen LogP contribution in [0.25, 0.3) is 0 Å². The van der Waals surface area contributed by atoms with Crippen LogP contribution in [-0.2, 0) is 9.53 Å². The Morgan fingerprint density at radius 2 is 1.75 bits per heavy atom. The molecule has 86 valence electrons. The molecular weight excluding hydrogens is 218 g/mol. The van der Waals surface area contributed by atoms with Gasteiger partial charge in [-0.25, -0.2) is 8.78 Å². The number of esters is 1. The summed E-state index contributed by atoms with van der Waals surface area (Å²) in [6.07, 6.45) is -0.465. The third-order valence-electron chi connectivity index (χ3n) is 2.03. The summed E-state index contributed by atoms with van der Waals surface area (Å²) in [6.45, 7) is 0. The number of carbonyl (C=O) groups is 2. The number of carbonyl (C=O) groups excluding carboxylic acids is 2. The van der Waals surface area contributed by atoms with Gasteiger partial charge < -0.3 is 4.74 Å². The van der Waals surface area contributed by atoms with Gasteiger partial charge in [-0.15, -0.1) is 0 Å². The van der Waals surface area contributed by atoms with Crippen molar-refractivity contribution in [3.05, 3.63) is 35.4 Å². The second-order valence-corrected chi connectivity index (χ2v) is 3.10. The van der Waals surface area contributed by atoms with Crippen LogP contribution < -0.4 is 0 Å². The second kappa shape index (κ2) is 5.34. The fourth-order valence-electron chi connectivity index (χ4n) is 1.21. The Labute approximate surface area is 91.0 Å². The first-order valence-corrected chi connectivity index (χ1v) is 4.60. The zero-order valence-corrected chi connectivity index (χ0v) is 8.63. The third-order valence-corrected chi connectivity index (χ3v) is 2.03. The van der Waals surface area contributed by atoms with Gasteiger partial charge in [0.25, 0.3) is 0 Å². The van der Waals surface area contributed by atoms with Gasteiger partial charge in [0.05, 0.1) is 19.1 Å². The van der Waals surface area contributed by atoms with Crippen molar-refractivity contribution in [3.8, 4) is 0 Å². The lowest BCUT2D eigenvalue weighted by atomic mass is 10.1. The molecule has 1 aromatic carbocycles. The maximum Gasteiger partial charge on any atom is 0.305 e. The van der Waals surface area contributed by atoms with E-state index < -0.39 is 29.0 Å². The average Bonchev–Trinajstić information content (AvgIpc) is 2.25. The van der Waals surface area contributed by atoms with E-state index in [9.17, 15) is 18.4 Å². The molecule has 0 N–H and O–H groups in total. The molecule has 1 aromatic rings. The predicted octanol–water partition coefficient (Wildman–Crippen LogP) is 2.10. The van der Waals surface area contributed by atoms with Crippen LogP contribution in [-0.4, -0.2) is 18.9 Å². The largest absolute Gasteiger partial charge is 0.469 e. The van der Waals surface area contributed by atoms with Gasteiger partial charge >= 0.3 is 5.97 Å². The Bertz CT molecular complexity index is 395. The Kier molecular flexibility index (Phi) is 4.10. The molecule has 0 heterocycles. The molecule has 0 aliphatic heterocycles. The summed E-state index contributed by atoms with van der Waals surface area (Å²) in [5.41, 5.74) is -0.605. The number of methoxy groups -OCH3 is 1. The van der Waals surface area contributed by atoms with E-state index in [1.54, 1.807) is 0 Å². The molecule has 0 amide bonds. The zero-order chi connectivity index (χ0) is 12.1. The van der Waals surface area contributed by atoms with Crippen molar-refractivity contribution in [3.63, 3.8) is 0 Å². The molecule has 3 nitrogen and oxygen atoms in total. The van der Waals surface area contributed by atoms with Crippen LogP contribution in [0.3, 0.4) is 0 Å². The molecule has 0 saturated heterocycles. The van der Waals surface area contributed by atoms with Gasteiger partial charge in [-0.2, -0.15) is 0 Å². The molecule has 0 aliphatic carbocycles. The second-order valence-electron chi connectivity index (χ2n) is 3.10. The lowest BCUT2D eigenvalue weighted by Crippen LogP contribution is -2.09. The van der Waals surface area contributed by atoms with Gasteiger partial charge in [0.15, 0.2) is 5.78 Å². The molecule has 1 rings (SSSR count). The predicted molar refractivity (Wildman–Crippen MR) is 51.9 cm³/mol. The first kappa shape index (κ1) is 12.3. The maximum absolute atomic E-state index is 13.1. The molecule has 0 aromatic heterocycles. The fourth-order valence-corrected chi connectivity index (χ4v) is 1.21. The summed E-state index contributed by atoms with van der Waals surface area (Å²) in [4.78, 5) is 22.2. The van der Waals surface area contributed by atoms with Gasteiger partial charge in [0.1, 0.15) is 11.6 Å². The normalized spacial score (nSPS) is 9.94. The van der Waals surface area contributed by atoms with Crippen LogP contribution in [0.2, 0.25) is 0 Å².